The number of hydrogen-bond donors (Lipinski definition) is 0. The first-order valence-corrected chi connectivity index (χ1v) is 6.26. The molecule has 100 valence electrons. The van der Waals surface area contributed by atoms with Crippen LogP contribution in [0.15, 0.2) is 48.5 Å². The molecule has 0 N–H and O–H groups in total. The number of Topliss-reactive ketones (excluding diaryl/α,β-unsaturated/α-hetero) is 2. The Bertz CT molecular complexity index is 639. The molecule has 0 atom stereocenters. The molecule has 2 aromatic rings. The molecule has 0 aliphatic carbocycles. The summed E-state index contributed by atoms with van der Waals surface area (Å²) in [7, 11) is 0. The molecule has 2 rings (SSSR count). The van der Waals surface area contributed by atoms with E-state index >= 15 is 0 Å². The molecule has 0 radical (unpaired) electrons. The second-order valence-electron chi connectivity index (χ2n) is 4.60. The Morgan fingerprint density at radius 1 is 0.650 bits per heavy atom. The van der Waals surface area contributed by atoms with Gasteiger partial charge >= 0.3 is 0 Å². The van der Waals surface area contributed by atoms with E-state index in [1.54, 1.807) is 48.5 Å². The highest BCUT2D eigenvalue weighted by Gasteiger charge is 2.12. The largest absolute Gasteiger partial charge is 0.295 e. The Hall–Kier alpha value is -2.55. The van der Waals surface area contributed by atoms with Gasteiger partial charge in [-0.3, -0.25) is 14.4 Å². The first-order chi connectivity index (χ1) is 9.49. The minimum absolute atomic E-state index is 0.0860. The number of rotatable bonds is 4. The van der Waals surface area contributed by atoms with Gasteiger partial charge in [0.15, 0.2) is 17.3 Å². The monoisotopic (exact) mass is 266 g/mol. The summed E-state index contributed by atoms with van der Waals surface area (Å²) in [6.07, 6.45) is 0. The molecule has 0 aromatic heterocycles. The van der Waals surface area contributed by atoms with Gasteiger partial charge in [-0.05, 0) is 26.0 Å². The van der Waals surface area contributed by atoms with Gasteiger partial charge in [-0.15, -0.1) is 0 Å². The molecule has 0 heterocycles. The fourth-order valence-corrected chi connectivity index (χ4v) is 1.93. The van der Waals surface area contributed by atoms with Crippen molar-refractivity contribution in [3.05, 3.63) is 70.8 Å². The molecule has 3 heteroatoms. The van der Waals surface area contributed by atoms with E-state index in [1.807, 2.05) is 0 Å². The van der Waals surface area contributed by atoms with Gasteiger partial charge < -0.3 is 0 Å². The van der Waals surface area contributed by atoms with Crippen molar-refractivity contribution in [2.45, 2.75) is 13.8 Å². The predicted octanol–water partition coefficient (Wildman–Crippen LogP) is 3.32. The number of carbonyl (C=O) groups excluding carboxylic acids is 3. The summed E-state index contributed by atoms with van der Waals surface area (Å²) in [6, 6.07) is 13.2. The Balaban J connectivity index is 2.41. The van der Waals surface area contributed by atoms with E-state index in [1.165, 1.54) is 13.8 Å². The highest BCUT2D eigenvalue weighted by atomic mass is 16.1. The third kappa shape index (κ3) is 2.88. The van der Waals surface area contributed by atoms with Crippen LogP contribution in [0.5, 0.6) is 0 Å². The summed E-state index contributed by atoms with van der Waals surface area (Å²) in [5.41, 5.74) is 1.88. The lowest BCUT2D eigenvalue weighted by atomic mass is 9.98. The minimum atomic E-state index is -0.198. The van der Waals surface area contributed by atoms with E-state index in [9.17, 15) is 14.4 Å². The van der Waals surface area contributed by atoms with Crippen molar-refractivity contribution < 1.29 is 14.4 Å². The molecule has 0 aliphatic heterocycles. The standard InChI is InChI=1S/C17H14O3/c1-11(18)13-5-3-7-15(9-13)17(20)16-8-4-6-14(10-16)12(2)19/h3-10H,1-2H3. The van der Waals surface area contributed by atoms with E-state index in [-0.39, 0.29) is 17.3 Å². The summed E-state index contributed by atoms with van der Waals surface area (Å²) in [6.45, 7) is 2.92. The van der Waals surface area contributed by atoms with Crippen LogP contribution < -0.4 is 0 Å². The number of ketones is 3. The number of hydrogen-bond acceptors (Lipinski definition) is 3. The molecule has 0 saturated carbocycles. The van der Waals surface area contributed by atoms with Crippen molar-refractivity contribution in [3.63, 3.8) is 0 Å². The fraction of sp³-hybridized carbons (Fsp3) is 0.118. The van der Waals surface area contributed by atoms with Gasteiger partial charge in [-0.2, -0.15) is 0 Å². The topological polar surface area (TPSA) is 51.2 Å². The summed E-state index contributed by atoms with van der Waals surface area (Å²) in [5.74, 6) is -0.370. The average Bonchev–Trinajstić information content (AvgIpc) is 2.46. The Morgan fingerprint density at radius 3 is 1.35 bits per heavy atom. The lowest BCUT2D eigenvalue weighted by Crippen LogP contribution is -2.04. The van der Waals surface area contributed by atoms with Crippen LogP contribution in [0.4, 0.5) is 0 Å². The summed E-state index contributed by atoms with van der Waals surface area (Å²) in [4.78, 5) is 35.1. The van der Waals surface area contributed by atoms with Crippen molar-refractivity contribution >= 4 is 17.3 Å². The van der Waals surface area contributed by atoms with E-state index in [0.29, 0.717) is 22.3 Å². The molecule has 2 aromatic carbocycles. The van der Waals surface area contributed by atoms with Crippen LogP contribution in [0.3, 0.4) is 0 Å². The quantitative estimate of drug-likeness (QED) is 0.798. The molecule has 0 spiro atoms. The van der Waals surface area contributed by atoms with Crippen LogP contribution in [-0.2, 0) is 0 Å². The minimum Gasteiger partial charge on any atom is -0.295 e. The van der Waals surface area contributed by atoms with Gasteiger partial charge in [0.25, 0.3) is 0 Å². The van der Waals surface area contributed by atoms with Crippen molar-refractivity contribution in [2.75, 3.05) is 0 Å². The predicted molar refractivity (Wildman–Crippen MR) is 76.3 cm³/mol. The van der Waals surface area contributed by atoms with Crippen molar-refractivity contribution in [3.8, 4) is 0 Å². The zero-order valence-electron chi connectivity index (χ0n) is 11.3. The number of carbonyl (C=O) groups is 3. The SMILES string of the molecule is CC(=O)c1cccc(C(=O)c2cccc(C(C)=O)c2)c1. The van der Waals surface area contributed by atoms with E-state index in [4.69, 9.17) is 0 Å². The first kappa shape index (κ1) is 13.9. The van der Waals surface area contributed by atoms with Crippen LogP contribution in [0, 0.1) is 0 Å². The van der Waals surface area contributed by atoms with Crippen molar-refractivity contribution in [1.82, 2.24) is 0 Å². The summed E-state index contributed by atoms with van der Waals surface area (Å²) < 4.78 is 0. The molecular formula is C17H14O3. The average molecular weight is 266 g/mol. The zero-order chi connectivity index (χ0) is 14.7. The van der Waals surface area contributed by atoms with E-state index < -0.39 is 0 Å². The molecular weight excluding hydrogens is 252 g/mol. The highest BCUT2D eigenvalue weighted by Crippen LogP contribution is 2.14. The Labute approximate surface area is 117 Å². The summed E-state index contributed by atoms with van der Waals surface area (Å²) >= 11 is 0. The van der Waals surface area contributed by atoms with Crippen molar-refractivity contribution in [1.29, 1.82) is 0 Å². The maximum absolute atomic E-state index is 12.4. The fourth-order valence-electron chi connectivity index (χ4n) is 1.93. The molecule has 0 unspecified atom stereocenters. The third-order valence-corrected chi connectivity index (χ3v) is 3.06. The van der Waals surface area contributed by atoms with Gasteiger partial charge in [-0.1, -0.05) is 36.4 Å². The maximum Gasteiger partial charge on any atom is 0.193 e. The van der Waals surface area contributed by atoms with Gasteiger partial charge in [0.05, 0.1) is 0 Å². The Kier molecular flexibility index (Phi) is 3.89. The Morgan fingerprint density at radius 2 is 1.00 bits per heavy atom. The zero-order valence-corrected chi connectivity index (χ0v) is 11.3. The van der Waals surface area contributed by atoms with E-state index in [2.05, 4.69) is 0 Å². The molecule has 3 nitrogen and oxygen atoms in total. The van der Waals surface area contributed by atoms with Gasteiger partial charge in [-0.25, -0.2) is 0 Å². The van der Waals surface area contributed by atoms with Crippen LogP contribution in [-0.4, -0.2) is 17.3 Å². The van der Waals surface area contributed by atoms with Crippen LogP contribution in [0.25, 0.3) is 0 Å². The second-order valence-corrected chi connectivity index (χ2v) is 4.60. The molecule has 0 amide bonds. The first-order valence-electron chi connectivity index (χ1n) is 6.26. The van der Waals surface area contributed by atoms with Crippen LogP contribution in [0.1, 0.15) is 50.5 Å². The van der Waals surface area contributed by atoms with Crippen molar-refractivity contribution in [2.24, 2.45) is 0 Å². The van der Waals surface area contributed by atoms with Gasteiger partial charge in [0.1, 0.15) is 0 Å². The molecule has 0 bridgehead atoms. The third-order valence-electron chi connectivity index (χ3n) is 3.06. The van der Waals surface area contributed by atoms with Gasteiger partial charge in [0.2, 0.25) is 0 Å². The molecule has 0 aliphatic rings. The smallest absolute Gasteiger partial charge is 0.193 e. The molecule has 20 heavy (non-hydrogen) atoms. The molecule has 0 saturated heterocycles. The van der Waals surface area contributed by atoms with Crippen LogP contribution >= 0.6 is 0 Å². The van der Waals surface area contributed by atoms with E-state index in [0.717, 1.165) is 0 Å². The lowest BCUT2D eigenvalue weighted by molar-refractivity contribution is 0.100. The number of benzene rings is 2. The lowest BCUT2D eigenvalue weighted by Gasteiger charge is -2.04. The highest BCUT2D eigenvalue weighted by molar-refractivity contribution is 6.11. The van der Waals surface area contributed by atoms with Crippen LogP contribution in [0.2, 0.25) is 0 Å². The summed E-state index contributed by atoms with van der Waals surface area (Å²) in [5, 5.41) is 0. The second kappa shape index (κ2) is 5.61. The normalized spacial score (nSPS) is 10.1. The maximum atomic E-state index is 12.4. The van der Waals surface area contributed by atoms with Gasteiger partial charge in [0, 0.05) is 22.3 Å². The molecule has 0 fully saturated rings.